The van der Waals surface area contributed by atoms with Crippen LogP contribution in [0.1, 0.15) is 0 Å². The molecule has 0 saturated carbocycles. The molecule has 0 aliphatic rings. The molecule has 0 spiro atoms. The summed E-state index contributed by atoms with van der Waals surface area (Å²) in [5, 5.41) is 0. The number of rotatable bonds is 3. The van der Waals surface area contributed by atoms with Crippen LogP contribution in [0.15, 0.2) is 87.5 Å². The maximum absolute atomic E-state index is 12.5. The summed E-state index contributed by atoms with van der Waals surface area (Å²) in [5.74, 6) is -3.03. The zero-order valence-electron chi connectivity index (χ0n) is 16.3. The molecule has 0 aliphatic carbocycles. The molecule has 0 fully saturated rings. The van der Waals surface area contributed by atoms with Crippen molar-refractivity contribution in [2.24, 2.45) is 0 Å². The predicted octanol–water partition coefficient (Wildman–Crippen LogP) is 2.19. The minimum Gasteiger partial charge on any atom is -0.744 e. The summed E-state index contributed by atoms with van der Waals surface area (Å²) in [4.78, 5) is -2.42. The van der Waals surface area contributed by atoms with Crippen molar-refractivity contribution >= 4 is 30.4 Å². The average molecular weight is 684 g/mol. The maximum Gasteiger partial charge on any atom is 3.00 e. The summed E-state index contributed by atoms with van der Waals surface area (Å²) in [7, 11) is -14.0. The molecule has 0 aromatic heterocycles. The molecule has 3 aromatic rings. The standard InChI is InChI=1S/3C6H5FO3S.Tb/c3*7-5-3-1-2-4-6(5)11(8,9)10;/h3*1-4H,(H,8,9,10);/q;;;+3/p-3. The summed E-state index contributed by atoms with van der Waals surface area (Å²) in [6.45, 7) is 0. The molecule has 0 atom stereocenters. The molecule has 186 valence electrons. The van der Waals surface area contributed by atoms with E-state index in [1.54, 1.807) is 0 Å². The van der Waals surface area contributed by atoms with Gasteiger partial charge in [-0.25, -0.2) is 38.4 Å². The van der Waals surface area contributed by atoms with Crippen LogP contribution in [0.3, 0.4) is 0 Å². The van der Waals surface area contributed by atoms with Crippen LogP contribution in [0.25, 0.3) is 0 Å². The third-order valence-corrected chi connectivity index (χ3v) is 5.93. The van der Waals surface area contributed by atoms with Gasteiger partial charge in [-0.3, -0.25) is 0 Å². The van der Waals surface area contributed by atoms with Gasteiger partial charge in [0.1, 0.15) is 47.8 Å². The van der Waals surface area contributed by atoms with E-state index >= 15 is 0 Å². The Balaban J connectivity index is 0.000000473. The van der Waals surface area contributed by atoms with Gasteiger partial charge in [-0.05, 0) is 36.4 Å². The summed E-state index contributed by atoms with van der Waals surface area (Å²) in [6, 6.07) is 13.3. The van der Waals surface area contributed by atoms with Crippen molar-refractivity contribution in [3.8, 4) is 0 Å². The number of benzene rings is 3. The Morgan fingerprint density at radius 3 is 0.735 bits per heavy atom. The monoisotopic (exact) mass is 684 g/mol. The molecular formula is C18H12F3O9S3Tb. The first-order chi connectivity index (χ1) is 15.0. The van der Waals surface area contributed by atoms with Gasteiger partial charge in [0.15, 0.2) is 0 Å². The number of hydrogen-bond donors (Lipinski definition) is 0. The molecule has 16 heteroatoms. The van der Waals surface area contributed by atoms with Crippen LogP contribution in [0.2, 0.25) is 0 Å². The van der Waals surface area contributed by atoms with Crippen molar-refractivity contribution in [1.29, 1.82) is 0 Å². The Hall–Kier alpha value is -1.53. The van der Waals surface area contributed by atoms with E-state index in [9.17, 15) is 52.1 Å². The molecule has 3 rings (SSSR count). The van der Waals surface area contributed by atoms with Gasteiger partial charge in [0.05, 0.1) is 14.7 Å². The van der Waals surface area contributed by atoms with Crippen LogP contribution in [-0.4, -0.2) is 38.9 Å². The Morgan fingerprint density at radius 2 is 0.618 bits per heavy atom. The Labute approximate surface area is 224 Å². The topological polar surface area (TPSA) is 172 Å². The van der Waals surface area contributed by atoms with Crippen molar-refractivity contribution in [2.75, 3.05) is 0 Å². The minimum absolute atomic E-state index is 0. The van der Waals surface area contributed by atoms with Gasteiger partial charge in [-0.1, -0.05) is 36.4 Å². The van der Waals surface area contributed by atoms with E-state index in [2.05, 4.69) is 0 Å². The molecule has 0 amide bonds. The maximum atomic E-state index is 12.5. The van der Waals surface area contributed by atoms with Gasteiger partial charge >= 0.3 is 38.6 Å². The second kappa shape index (κ2) is 13.5. The van der Waals surface area contributed by atoms with E-state index in [0.29, 0.717) is 0 Å². The molecular weight excluding hydrogens is 672 g/mol. The zero-order valence-corrected chi connectivity index (χ0v) is 20.9. The summed E-state index contributed by atoms with van der Waals surface area (Å²) >= 11 is 0. The van der Waals surface area contributed by atoms with Crippen molar-refractivity contribution in [2.45, 2.75) is 14.7 Å². The van der Waals surface area contributed by atoms with E-state index in [-0.39, 0.29) is 38.6 Å². The quantitative estimate of drug-likeness (QED) is 0.375. The van der Waals surface area contributed by atoms with Gasteiger partial charge in [0, 0.05) is 0 Å². The summed E-state index contributed by atoms with van der Waals surface area (Å²) < 4.78 is 130. The summed E-state index contributed by atoms with van der Waals surface area (Å²) in [5.41, 5.74) is 0. The van der Waals surface area contributed by atoms with Crippen molar-refractivity contribution in [1.82, 2.24) is 0 Å². The molecule has 0 unspecified atom stereocenters. The van der Waals surface area contributed by atoms with E-state index in [4.69, 9.17) is 0 Å². The second-order valence-corrected chi connectivity index (χ2v) is 9.70. The number of hydrogen-bond acceptors (Lipinski definition) is 9. The molecule has 0 aliphatic heterocycles. The van der Waals surface area contributed by atoms with Crippen LogP contribution in [-0.2, 0) is 30.4 Å². The first-order valence-electron chi connectivity index (χ1n) is 8.16. The SMILES string of the molecule is O=S(=O)([O-])c1ccccc1F.O=S(=O)([O-])c1ccccc1F.O=S(=O)([O-])c1ccccc1F.[Tb+3]. The normalized spacial score (nSPS) is 11.1. The van der Waals surface area contributed by atoms with Gasteiger partial charge < -0.3 is 13.7 Å². The van der Waals surface area contributed by atoms with Crippen LogP contribution in [0.4, 0.5) is 13.2 Å². The third-order valence-electron chi connectivity index (χ3n) is 3.32. The fourth-order valence-electron chi connectivity index (χ4n) is 1.94. The van der Waals surface area contributed by atoms with Gasteiger partial charge in [0.2, 0.25) is 0 Å². The molecule has 0 radical (unpaired) electrons. The van der Waals surface area contributed by atoms with Crippen molar-refractivity contribution in [3.05, 3.63) is 90.2 Å². The minimum atomic E-state index is -4.66. The third kappa shape index (κ3) is 10.8. The largest absolute Gasteiger partial charge is 3.00 e. The molecule has 0 bridgehead atoms. The first-order valence-corrected chi connectivity index (χ1v) is 12.4. The Morgan fingerprint density at radius 1 is 0.441 bits per heavy atom. The molecule has 0 saturated heterocycles. The number of halogens is 3. The predicted molar refractivity (Wildman–Crippen MR) is 103 cm³/mol. The van der Waals surface area contributed by atoms with Crippen molar-refractivity contribution < 1.29 is 90.7 Å². The second-order valence-electron chi connectivity index (χ2n) is 5.65. The van der Waals surface area contributed by atoms with Crippen LogP contribution in [0.5, 0.6) is 0 Å². The molecule has 3 aromatic carbocycles. The van der Waals surface area contributed by atoms with Gasteiger partial charge in [-0.15, -0.1) is 0 Å². The Kier molecular flexibility index (Phi) is 12.9. The van der Waals surface area contributed by atoms with E-state index in [1.165, 1.54) is 36.4 Å². The fourth-order valence-corrected chi connectivity index (χ4v) is 3.60. The van der Waals surface area contributed by atoms with Crippen LogP contribution in [0, 0.1) is 56.1 Å². The van der Waals surface area contributed by atoms with Crippen molar-refractivity contribution in [3.63, 3.8) is 0 Å². The molecule has 34 heavy (non-hydrogen) atoms. The fraction of sp³-hybridized carbons (Fsp3) is 0. The van der Waals surface area contributed by atoms with Gasteiger partial charge in [0.25, 0.3) is 0 Å². The van der Waals surface area contributed by atoms with Crippen LogP contribution < -0.4 is 0 Å². The first kappa shape index (κ1) is 32.5. The molecule has 9 nitrogen and oxygen atoms in total. The van der Waals surface area contributed by atoms with E-state index < -0.39 is 62.5 Å². The van der Waals surface area contributed by atoms with Gasteiger partial charge in [-0.2, -0.15) is 0 Å². The zero-order chi connectivity index (χ0) is 25.4. The van der Waals surface area contributed by atoms with E-state index in [1.807, 2.05) is 0 Å². The summed E-state index contributed by atoms with van der Waals surface area (Å²) in [6.07, 6.45) is 0. The van der Waals surface area contributed by atoms with Crippen LogP contribution >= 0.6 is 0 Å². The van der Waals surface area contributed by atoms with E-state index in [0.717, 1.165) is 36.4 Å². The Bertz CT molecular complexity index is 1250. The average Bonchev–Trinajstić information content (AvgIpc) is 2.67. The smallest absolute Gasteiger partial charge is 0.744 e. The molecule has 0 heterocycles. The molecule has 0 N–H and O–H groups in total.